The van der Waals surface area contributed by atoms with Crippen molar-refractivity contribution in [3.05, 3.63) is 205 Å². The Morgan fingerprint density at radius 1 is 0.349 bits per heavy atom. The molecule has 13 aromatic rings. The quantitative estimate of drug-likeness (QED) is 0.128. The molecule has 63 heavy (non-hydrogen) atoms. The third-order valence-electron chi connectivity index (χ3n) is 14.2. The van der Waals surface area contributed by atoms with E-state index in [0.29, 0.717) is 0 Å². The molecule has 2 aromatic heterocycles. The first kappa shape index (κ1) is 35.1. The fourth-order valence-electron chi connectivity index (χ4n) is 11.5. The van der Waals surface area contributed by atoms with E-state index in [1.165, 1.54) is 119 Å². The lowest BCUT2D eigenvalue weighted by molar-refractivity contribution is 0.666. The lowest BCUT2D eigenvalue weighted by Crippen LogP contribution is -2.15. The van der Waals surface area contributed by atoms with Gasteiger partial charge in [-0.05, 0) is 130 Å². The van der Waals surface area contributed by atoms with E-state index in [0.717, 1.165) is 21.9 Å². The van der Waals surface area contributed by atoms with Crippen molar-refractivity contribution in [3.8, 4) is 44.5 Å². The van der Waals surface area contributed by atoms with Gasteiger partial charge in [0.15, 0.2) is 0 Å². The summed E-state index contributed by atoms with van der Waals surface area (Å²) in [6.45, 7) is 4.79. The predicted octanol–water partition coefficient (Wildman–Crippen LogP) is 17.9. The van der Waals surface area contributed by atoms with E-state index in [4.69, 9.17) is 4.42 Å². The molecule has 0 aliphatic heterocycles. The molecule has 0 atom stereocenters. The molecule has 0 saturated heterocycles. The van der Waals surface area contributed by atoms with Crippen LogP contribution in [-0.2, 0) is 5.41 Å². The van der Waals surface area contributed by atoms with Gasteiger partial charge in [0, 0.05) is 41.9 Å². The SMILES string of the molecule is CC1(C)c2ccc(-c3ccc4oc5ccc(-c6c7ccccc7c(-c7cccc8c7sc7ccccc78)c7ccccc67)cc5c4c3)cc2-c2c1c1ccccc1c1ccccc21. The molecule has 14 rings (SSSR count). The van der Waals surface area contributed by atoms with Crippen LogP contribution >= 0.6 is 11.3 Å². The maximum atomic E-state index is 6.59. The monoisotopic (exact) mass is 818 g/mol. The van der Waals surface area contributed by atoms with Gasteiger partial charge in [0.2, 0.25) is 0 Å². The minimum absolute atomic E-state index is 0.133. The van der Waals surface area contributed by atoms with Crippen LogP contribution < -0.4 is 0 Å². The third kappa shape index (κ3) is 4.82. The first-order chi connectivity index (χ1) is 31.0. The van der Waals surface area contributed by atoms with Gasteiger partial charge in [-0.25, -0.2) is 0 Å². The summed E-state index contributed by atoms with van der Waals surface area (Å²) in [6, 6.07) is 72.2. The highest BCUT2D eigenvalue weighted by molar-refractivity contribution is 7.26. The van der Waals surface area contributed by atoms with Crippen molar-refractivity contribution in [2.24, 2.45) is 0 Å². The molecule has 11 aromatic carbocycles. The Morgan fingerprint density at radius 3 is 1.52 bits per heavy atom. The average Bonchev–Trinajstić information content (AvgIpc) is 3.97. The number of hydrogen-bond acceptors (Lipinski definition) is 2. The minimum Gasteiger partial charge on any atom is -0.456 e. The molecule has 2 heteroatoms. The van der Waals surface area contributed by atoms with Crippen LogP contribution in [0, 0.1) is 0 Å². The van der Waals surface area contributed by atoms with Crippen LogP contribution in [0.1, 0.15) is 25.0 Å². The lowest BCUT2D eigenvalue weighted by Gasteiger charge is -2.24. The summed E-state index contributed by atoms with van der Waals surface area (Å²) < 4.78 is 9.25. The van der Waals surface area contributed by atoms with Crippen molar-refractivity contribution in [3.63, 3.8) is 0 Å². The average molecular weight is 819 g/mol. The van der Waals surface area contributed by atoms with Crippen molar-refractivity contribution >= 4 is 96.5 Å². The van der Waals surface area contributed by atoms with Crippen molar-refractivity contribution in [2.75, 3.05) is 0 Å². The Balaban J connectivity index is 0.957. The third-order valence-corrected chi connectivity index (χ3v) is 15.4. The summed E-state index contributed by atoms with van der Waals surface area (Å²) in [7, 11) is 0. The van der Waals surface area contributed by atoms with Crippen LogP contribution in [0.3, 0.4) is 0 Å². The van der Waals surface area contributed by atoms with Gasteiger partial charge in [-0.1, -0.05) is 172 Å². The Labute approximate surface area is 368 Å². The molecular formula is C61H38OS. The molecule has 0 spiro atoms. The smallest absolute Gasteiger partial charge is 0.135 e. The molecule has 1 nitrogen and oxygen atoms in total. The minimum atomic E-state index is -0.133. The summed E-state index contributed by atoms with van der Waals surface area (Å²) in [4.78, 5) is 0. The molecule has 2 heterocycles. The predicted molar refractivity (Wildman–Crippen MR) is 271 cm³/mol. The van der Waals surface area contributed by atoms with Crippen LogP contribution in [0.4, 0.5) is 0 Å². The summed E-state index contributed by atoms with van der Waals surface area (Å²) >= 11 is 1.90. The number of thiophene rings is 1. The second-order valence-electron chi connectivity index (χ2n) is 17.9. The number of fused-ring (bicyclic) bond motifs is 16. The van der Waals surface area contributed by atoms with Gasteiger partial charge in [0.05, 0.1) is 0 Å². The van der Waals surface area contributed by atoms with Crippen molar-refractivity contribution < 1.29 is 4.42 Å². The first-order valence-electron chi connectivity index (χ1n) is 21.9. The molecule has 0 amide bonds. The second-order valence-corrected chi connectivity index (χ2v) is 18.9. The van der Waals surface area contributed by atoms with E-state index in [9.17, 15) is 0 Å². The van der Waals surface area contributed by atoms with Gasteiger partial charge < -0.3 is 4.42 Å². The molecule has 294 valence electrons. The highest BCUT2D eigenvalue weighted by atomic mass is 32.1. The lowest BCUT2D eigenvalue weighted by atomic mass is 9.79. The number of furan rings is 1. The van der Waals surface area contributed by atoms with Crippen molar-refractivity contribution in [1.82, 2.24) is 0 Å². The summed E-state index contributed by atoms with van der Waals surface area (Å²) in [5.74, 6) is 0. The van der Waals surface area contributed by atoms with Crippen LogP contribution in [0.15, 0.2) is 199 Å². The molecular weight excluding hydrogens is 781 g/mol. The molecule has 1 aliphatic rings. The van der Waals surface area contributed by atoms with Gasteiger partial charge in [-0.15, -0.1) is 11.3 Å². The zero-order chi connectivity index (χ0) is 41.6. The Hall–Kier alpha value is -7.52. The van der Waals surface area contributed by atoms with Gasteiger partial charge >= 0.3 is 0 Å². The molecule has 0 radical (unpaired) electrons. The van der Waals surface area contributed by atoms with E-state index in [-0.39, 0.29) is 5.41 Å². The topological polar surface area (TPSA) is 13.1 Å². The molecule has 0 unspecified atom stereocenters. The molecule has 1 aliphatic carbocycles. The molecule has 0 fully saturated rings. The maximum Gasteiger partial charge on any atom is 0.135 e. The van der Waals surface area contributed by atoms with E-state index in [1.807, 2.05) is 11.3 Å². The van der Waals surface area contributed by atoms with Gasteiger partial charge in [-0.3, -0.25) is 0 Å². The normalized spacial score (nSPS) is 13.4. The van der Waals surface area contributed by atoms with Gasteiger partial charge in [0.25, 0.3) is 0 Å². The van der Waals surface area contributed by atoms with Crippen LogP contribution in [0.25, 0.3) is 130 Å². The van der Waals surface area contributed by atoms with Crippen LogP contribution in [-0.4, -0.2) is 0 Å². The maximum absolute atomic E-state index is 6.59. The van der Waals surface area contributed by atoms with E-state index in [2.05, 4.69) is 208 Å². The van der Waals surface area contributed by atoms with Crippen LogP contribution in [0.2, 0.25) is 0 Å². The van der Waals surface area contributed by atoms with Crippen molar-refractivity contribution in [2.45, 2.75) is 19.3 Å². The van der Waals surface area contributed by atoms with Gasteiger partial charge in [-0.2, -0.15) is 0 Å². The van der Waals surface area contributed by atoms with Gasteiger partial charge in [0.1, 0.15) is 11.2 Å². The number of hydrogen-bond donors (Lipinski definition) is 0. The standard InChI is InChI=1S/C61H38OS/c1-61(2)52-29-26-35(33-51(52)58-41-17-5-3-14-38(41)39-15-4-10-22-46(39)59(58)61)36-27-30-53-49(32-36)50-34-37(28-31-54(50)62-53)56-42-18-6-8-20-44(42)57(45-21-9-7-19-43(45)56)48-24-13-23-47-40-16-11-12-25-55(40)63-60(47)48/h3-34H,1-2H3. The Morgan fingerprint density at radius 2 is 0.841 bits per heavy atom. The van der Waals surface area contributed by atoms with Crippen LogP contribution in [0.5, 0.6) is 0 Å². The fourth-order valence-corrected chi connectivity index (χ4v) is 12.7. The molecule has 0 bridgehead atoms. The highest BCUT2D eigenvalue weighted by Gasteiger charge is 2.38. The highest BCUT2D eigenvalue weighted by Crippen LogP contribution is 2.55. The zero-order valence-electron chi connectivity index (χ0n) is 34.8. The van der Waals surface area contributed by atoms with E-state index in [1.54, 1.807) is 0 Å². The van der Waals surface area contributed by atoms with E-state index < -0.39 is 0 Å². The number of benzene rings is 11. The molecule has 0 saturated carbocycles. The Kier molecular flexibility index (Phi) is 7.12. The van der Waals surface area contributed by atoms with Crippen molar-refractivity contribution in [1.29, 1.82) is 0 Å². The van der Waals surface area contributed by atoms with E-state index >= 15 is 0 Å². The summed E-state index contributed by atoms with van der Waals surface area (Å²) in [5, 5.41) is 15.2. The summed E-state index contributed by atoms with van der Waals surface area (Å²) in [5.41, 5.74) is 14.6. The Bertz CT molecular complexity index is 4060. The summed E-state index contributed by atoms with van der Waals surface area (Å²) in [6.07, 6.45) is 0. The largest absolute Gasteiger partial charge is 0.456 e. The second kappa shape index (κ2) is 12.8. The molecule has 0 N–H and O–H groups in total. The zero-order valence-corrected chi connectivity index (χ0v) is 35.6. The fraction of sp³-hybridized carbons (Fsp3) is 0.0492. The number of rotatable bonds is 3. The first-order valence-corrected chi connectivity index (χ1v) is 22.7.